The van der Waals surface area contributed by atoms with E-state index in [-0.39, 0.29) is 29.6 Å². The number of hydrazone groups is 1. The van der Waals surface area contributed by atoms with Gasteiger partial charge in [0.1, 0.15) is 5.69 Å². The van der Waals surface area contributed by atoms with Gasteiger partial charge in [-0.25, -0.2) is 5.43 Å². The van der Waals surface area contributed by atoms with E-state index in [9.17, 15) is 14.4 Å². The van der Waals surface area contributed by atoms with E-state index in [1.54, 1.807) is 12.1 Å². The maximum absolute atomic E-state index is 13.4. The van der Waals surface area contributed by atoms with Crippen molar-refractivity contribution in [2.75, 3.05) is 38.5 Å². The molecule has 3 N–H and O–H groups in total. The fraction of sp³-hybridized carbons (Fsp3) is 0.308. The Hall–Kier alpha value is -3.98. The molecule has 1 saturated carbocycles. The minimum atomic E-state index is -0.382. The summed E-state index contributed by atoms with van der Waals surface area (Å²) in [5.74, 6) is -0.463. The highest BCUT2D eigenvalue weighted by Gasteiger charge is 2.44. The summed E-state index contributed by atoms with van der Waals surface area (Å²) in [6.45, 7) is 2.89. The molecule has 3 aliphatic rings. The van der Waals surface area contributed by atoms with E-state index >= 15 is 0 Å². The standard InChI is InChI=1S/C26H26N6O3/c1-31-7-9-32(10-8-31)26(35)23-20-14-27-30-25(34)19-11-16(12-21(29-23)22(19)20)28-24(33)18-13-17(18)15-5-3-2-4-6-15/h2-6,11-12,14,17-18,29H,7-10,13H2,1H3,(H,28,33)(H,30,34)/t17-,18+/m0/s1. The molecule has 0 bridgehead atoms. The molecule has 2 aromatic carbocycles. The van der Waals surface area contributed by atoms with E-state index in [1.165, 1.54) is 6.21 Å². The van der Waals surface area contributed by atoms with E-state index in [0.717, 1.165) is 25.1 Å². The van der Waals surface area contributed by atoms with Crippen LogP contribution >= 0.6 is 0 Å². The molecule has 3 heterocycles. The molecule has 3 amide bonds. The normalized spacial score (nSPS) is 21.5. The van der Waals surface area contributed by atoms with Crippen LogP contribution in [0.3, 0.4) is 0 Å². The van der Waals surface area contributed by atoms with Crippen molar-refractivity contribution in [2.45, 2.75) is 12.3 Å². The minimum absolute atomic E-state index is 0.0730. The van der Waals surface area contributed by atoms with Gasteiger partial charge in [0.15, 0.2) is 0 Å². The molecule has 2 aliphatic heterocycles. The Morgan fingerprint density at radius 3 is 2.63 bits per heavy atom. The third-order valence-electron chi connectivity index (χ3n) is 7.17. The molecular weight excluding hydrogens is 444 g/mol. The van der Waals surface area contributed by atoms with E-state index in [4.69, 9.17) is 0 Å². The van der Waals surface area contributed by atoms with Crippen LogP contribution in [0.25, 0.3) is 10.9 Å². The Morgan fingerprint density at radius 1 is 1.09 bits per heavy atom. The number of amides is 3. The number of H-pyrrole nitrogens is 1. The fourth-order valence-electron chi connectivity index (χ4n) is 5.08. The number of likely N-dealkylation sites (N-methyl/N-ethyl adjacent to an activating group) is 1. The maximum atomic E-state index is 13.4. The van der Waals surface area contributed by atoms with E-state index in [1.807, 2.05) is 42.3 Å². The summed E-state index contributed by atoms with van der Waals surface area (Å²) < 4.78 is 0. The van der Waals surface area contributed by atoms with Crippen LogP contribution in [-0.2, 0) is 4.79 Å². The monoisotopic (exact) mass is 470 g/mol. The van der Waals surface area contributed by atoms with Crippen molar-refractivity contribution in [3.63, 3.8) is 0 Å². The predicted octanol–water partition coefficient (Wildman–Crippen LogP) is 2.38. The quantitative estimate of drug-likeness (QED) is 0.544. The predicted molar refractivity (Wildman–Crippen MR) is 133 cm³/mol. The highest BCUT2D eigenvalue weighted by molar-refractivity contribution is 6.19. The molecule has 1 saturated heterocycles. The molecule has 0 spiro atoms. The van der Waals surface area contributed by atoms with Crippen molar-refractivity contribution < 1.29 is 14.4 Å². The number of anilines is 1. The SMILES string of the molecule is CN1CCN(C(=O)c2[nH]c3cc(NC(=O)[C@@H]4C[C@H]4c4ccccc4)cc4c3c2C=NNC4=O)CC1. The lowest BCUT2D eigenvalue weighted by molar-refractivity contribution is -0.117. The smallest absolute Gasteiger partial charge is 0.272 e. The van der Waals surface area contributed by atoms with Crippen molar-refractivity contribution in [1.82, 2.24) is 20.2 Å². The first-order valence-electron chi connectivity index (χ1n) is 11.9. The van der Waals surface area contributed by atoms with Crippen LogP contribution in [0.1, 0.15) is 44.3 Å². The van der Waals surface area contributed by atoms with E-state index in [0.29, 0.717) is 46.5 Å². The highest BCUT2D eigenvalue weighted by Crippen LogP contribution is 2.48. The summed E-state index contributed by atoms with van der Waals surface area (Å²) in [5.41, 5.74) is 6.15. The summed E-state index contributed by atoms with van der Waals surface area (Å²) in [4.78, 5) is 46.3. The second-order valence-electron chi connectivity index (χ2n) is 9.50. The lowest BCUT2D eigenvalue weighted by Crippen LogP contribution is -2.47. The zero-order chi connectivity index (χ0) is 24.1. The van der Waals surface area contributed by atoms with Crippen LogP contribution in [-0.4, -0.2) is 71.9 Å². The number of hydrogen-bond donors (Lipinski definition) is 3. The molecule has 2 atom stereocenters. The number of carbonyl (C=O) groups excluding carboxylic acids is 3. The topological polar surface area (TPSA) is 110 Å². The molecule has 9 nitrogen and oxygen atoms in total. The molecule has 0 unspecified atom stereocenters. The zero-order valence-corrected chi connectivity index (χ0v) is 19.4. The first-order valence-corrected chi connectivity index (χ1v) is 11.9. The van der Waals surface area contributed by atoms with Crippen LogP contribution in [0.4, 0.5) is 5.69 Å². The van der Waals surface area contributed by atoms with Crippen LogP contribution in [0.2, 0.25) is 0 Å². The van der Waals surface area contributed by atoms with E-state index in [2.05, 4.69) is 25.7 Å². The number of benzene rings is 2. The summed E-state index contributed by atoms with van der Waals surface area (Å²) in [7, 11) is 2.04. The molecule has 1 aromatic heterocycles. The Balaban J connectivity index is 1.31. The lowest BCUT2D eigenvalue weighted by atomic mass is 10.0. The van der Waals surface area contributed by atoms with E-state index < -0.39 is 0 Å². The summed E-state index contributed by atoms with van der Waals surface area (Å²) in [6, 6.07) is 13.5. The van der Waals surface area contributed by atoms with Crippen molar-refractivity contribution in [3.8, 4) is 0 Å². The number of carbonyl (C=O) groups is 3. The second kappa shape index (κ2) is 8.35. The molecule has 9 heteroatoms. The number of rotatable bonds is 4. The van der Waals surface area contributed by atoms with Gasteiger partial charge in [-0.05, 0) is 37.1 Å². The van der Waals surface area contributed by atoms with Crippen LogP contribution in [0.15, 0.2) is 47.6 Å². The maximum Gasteiger partial charge on any atom is 0.272 e. The van der Waals surface area contributed by atoms with Crippen molar-refractivity contribution in [2.24, 2.45) is 11.0 Å². The first-order chi connectivity index (χ1) is 17.0. The van der Waals surface area contributed by atoms with Gasteiger partial charge in [0.05, 0.1) is 11.8 Å². The molecule has 6 rings (SSSR count). The molecule has 0 radical (unpaired) electrons. The average molecular weight is 471 g/mol. The highest BCUT2D eigenvalue weighted by atomic mass is 16.2. The summed E-state index contributed by atoms with van der Waals surface area (Å²) in [5, 5.41) is 7.64. The zero-order valence-electron chi connectivity index (χ0n) is 19.4. The Bertz CT molecular complexity index is 1370. The second-order valence-corrected chi connectivity index (χ2v) is 9.50. The Labute approximate surface area is 202 Å². The number of hydrogen-bond acceptors (Lipinski definition) is 5. The first kappa shape index (κ1) is 21.5. The number of nitrogens with zero attached hydrogens (tertiary/aromatic N) is 3. The molecule has 35 heavy (non-hydrogen) atoms. The number of nitrogens with one attached hydrogen (secondary N) is 3. The number of piperazine rings is 1. The van der Waals surface area contributed by atoms with Gasteiger partial charge in [0.2, 0.25) is 5.91 Å². The largest absolute Gasteiger partial charge is 0.350 e. The summed E-state index contributed by atoms with van der Waals surface area (Å²) in [6.07, 6.45) is 2.32. The average Bonchev–Trinajstić information content (AvgIpc) is 3.62. The van der Waals surface area contributed by atoms with Crippen LogP contribution in [0.5, 0.6) is 0 Å². The third kappa shape index (κ3) is 3.87. The van der Waals surface area contributed by atoms with Gasteiger partial charge >= 0.3 is 0 Å². The van der Waals surface area contributed by atoms with Gasteiger partial charge in [-0.1, -0.05) is 30.3 Å². The molecule has 1 aliphatic carbocycles. The van der Waals surface area contributed by atoms with Crippen LogP contribution in [0, 0.1) is 5.92 Å². The van der Waals surface area contributed by atoms with Crippen molar-refractivity contribution >= 4 is 40.5 Å². The van der Waals surface area contributed by atoms with Gasteiger partial charge in [0, 0.05) is 54.3 Å². The fourth-order valence-corrected chi connectivity index (χ4v) is 5.08. The van der Waals surface area contributed by atoms with Crippen molar-refractivity contribution in [1.29, 1.82) is 0 Å². The van der Waals surface area contributed by atoms with Crippen molar-refractivity contribution in [3.05, 3.63) is 64.8 Å². The Morgan fingerprint density at radius 2 is 1.86 bits per heavy atom. The Kier molecular flexibility index (Phi) is 5.14. The summed E-state index contributed by atoms with van der Waals surface area (Å²) >= 11 is 0. The van der Waals surface area contributed by atoms with Gasteiger partial charge in [0.25, 0.3) is 11.8 Å². The number of aromatic nitrogens is 1. The minimum Gasteiger partial charge on any atom is -0.350 e. The lowest BCUT2D eigenvalue weighted by Gasteiger charge is -2.32. The molecule has 2 fully saturated rings. The molecular formula is C26H26N6O3. The molecule has 178 valence electrons. The van der Waals surface area contributed by atoms with Crippen LogP contribution < -0.4 is 10.7 Å². The number of aromatic amines is 1. The van der Waals surface area contributed by atoms with Gasteiger partial charge in [-0.2, -0.15) is 5.10 Å². The van der Waals surface area contributed by atoms with Gasteiger partial charge < -0.3 is 20.1 Å². The molecule has 3 aromatic rings. The van der Waals surface area contributed by atoms with Gasteiger partial charge in [-0.15, -0.1) is 0 Å². The third-order valence-corrected chi connectivity index (χ3v) is 7.17. The van der Waals surface area contributed by atoms with Gasteiger partial charge in [-0.3, -0.25) is 14.4 Å².